The topological polar surface area (TPSA) is 77.0 Å². The Labute approximate surface area is 177 Å². The minimum Gasteiger partial charge on any atom is -0.368 e. The minimum atomic E-state index is -3.52. The lowest BCUT2D eigenvalue weighted by atomic mass is 10.2. The molecule has 0 bridgehead atoms. The van der Waals surface area contributed by atoms with Crippen LogP contribution in [-0.4, -0.2) is 65.6 Å². The average molecular weight is 434 g/mol. The second kappa shape index (κ2) is 9.90. The SMILES string of the molecule is CN=C(NCCNS(=O)(=O)c1ccc(C)cc1)N1CCN(c2ccc(F)cc2)CC1. The second-order valence-electron chi connectivity index (χ2n) is 7.14. The quantitative estimate of drug-likeness (QED) is 0.413. The first-order valence-electron chi connectivity index (χ1n) is 9.91. The van der Waals surface area contributed by atoms with Gasteiger partial charge in [0.05, 0.1) is 4.90 Å². The largest absolute Gasteiger partial charge is 0.368 e. The number of hydrogen-bond donors (Lipinski definition) is 2. The maximum absolute atomic E-state index is 13.1. The summed E-state index contributed by atoms with van der Waals surface area (Å²) in [7, 11) is -1.81. The van der Waals surface area contributed by atoms with E-state index in [0.717, 1.165) is 43.4 Å². The van der Waals surface area contributed by atoms with Gasteiger partial charge in [-0.2, -0.15) is 0 Å². The molecular weight excluding hydrogens is 405 g/mol. The van der Waals surface area contributed by atoms with Crippen molar-refractivity contribution < 1.29 is 12.8 Å². The molecule has 0 aromatic heterocycles. The Morgan fingerprint density at radius 3 is 2.23 bits per heavy atom. The summed E-state index contributed by atoms with van der Waals surface area (Å²) in [5.74, 6) is 0.503. The van der Waals surface area contributed by atoms with Crippen molar-refractivity contribution in [2.75, 3.05) is 51.2 Å². The molecule has 1 saturated heterocycles. The highest BCUT2D eigenvalue weighted by molar-refractivity contribution is 7.89. The van der Waals surface area contributed by atoms with Gasteiger partial charge in [0.25, 0.3) is 0 Å². The monoisotopic (exact) mass is 433 g/mol. The number of aryl methyl sites for hydroxylation is 1. The number of nitrogens with zero attached hydrogens (tertiary/aromatic N) is 3. The lowest BCUT2D eigenvalue weighted by Crippen LogP contribution is -2.53. The fourth-order valence-corrected chi connectivity index (χ4v) is 4.35. The van der Waals surface area contributed by atoms with Gasteiger partial charge in [-0.25, -0.2) is 17.5 Å². The number of halogens is 1. The van der Waals surface area contributed by atoms with E-state index < -0.39 is 10.0 Å². The van der Waals surface area contributed by atoms with E-state index in [1.54, 1.807) is 43.4 Å². The number of nitrogens with one attached hydrogen (secondary N) is 2. The minimum absolute atomic E-state index is 0.236. The molecule has 1 fully saturated rings. The van der Waals surface area contributed by atoms with E-state index in [9.17, 15) is 12.8 Å². The molecule has 9 heteroatoms. The molecule has 2 N–H and O–H groups in total. The number of guanidine groups is 1. The van der Waals surface area contributed by atoms with Crippen LogP contribution in [0.1, 0.15) is 5.56 Å². The van der Waals surface area contributed by atoms with Crippen molar-refractivity contribution in [2.24, 2.45) is 4.99 Å². The Morgan fingerprint density at radius 2 is 1.63 bits per heavy atom. The highest BCUT2D eigenvalue weighted by Gasteiger charge is 2.20. The van der Waals surface area contributed by atoms with Gasteiger partial charge in [-0.05, 0) is 43.3 Å². The first kappa shape index (κ1) is 22.0. The smallest absolute Gasteiger partial charge is 0.240 e. The van der Waals surface area contributed by atoms with Crippen LogP contribution >= 0.6 is 0 Å². The number of sulfonamides is 1. The van der Waals surface area contributed by atoms with Crippen molar-refractivity contribution in [2.45, 2.75) is 11.8 Å². The molecule has 0 aliphatic carbocycles. The van der Waals surface area contributed by atoms with E-state index in [1.807, 2.05) is 6.92 Å². The highest BCUT2D eigenvalue weighted by Crippen LogP contribution is 2.17. The van der Waals surface area contributed by atoms with E-state index in [0.29, 0.717) is 6.54 Å². The van der Waals surface area contributed by atoms with Crippen molar-refractivity contribution >= 4 is 21.7 Å². The van der Waals surface area contributed by atoms with Crippen molar-refractivity contribution in [1.82, 2.24) is 14.9 Å². The molecule has 2 aromatic carbocycles. The van der Waals surface area contributed by atoms with Gasteiger partial charge in [0.15, 0.2) is 5.96 Å². The Kier molecular flexibility index (Phi) is 7.28. The fourth-order valence-electron chi connectivity index (χ4n) is 3.32. The van der Waals surface area contributed by atoms with E-state index in [4.69, 9.17) is 0 Å². The number of hydrogen-bond acceptors (Lipinski definition) is 4. The maximum atomic E-state index is 13.1. The first-order chi connectivity index (χ1) is 14.4. The summed E-state index contributed by atoms with van der Waals surface area (Å²) in [4.78, 5) is 8.91. The van der Waals surface area contributed by atoms with Crippen molar-refractivity contribution in [3.63, 3.8) is 0 Å². The number of anilines is 1. The van der Waals surface area contributed by atoms with Gasteiger partial charge < -0.3 is 15.1 Å². The Balaban J connectivity index is 1.45. The molecule has 0 radical (unpaired) electrons. The average Bonchev–Trinajstić information content (AvgIpc) is 2.75. The van der Waals surface area contributed by atoms with Crippen molar-refractivity contribution in [1.29, 1.82) is 0 Å². The molecule has 1 aliphatic rings. The number of rotatable bonds is 6. The van der Waals surface area contributed by atoms with Crippen LogP contribution in [0.5, 0.6) is 0 Å². The van der Waals surface area contributed by atoms with Gasteiger partial charge >= 0.3 is 0 Å². The van der Waals surface area contributed by atoms with Gasteiger partial charge in [-0.1, -0.05) is 17.7 Å². The lowest BCUT2D eigenvalue weighted by Gasteiger charge is -2.37. The standard InChI is InChI=1S/C21H28FN5O2S/c1-17-3-9-20(10-4-17)30(28,29)25-12-11-24-21(23-2)27-15-13-26(14-16-27)19-7-5-18(22)6-8-19/h3-10,25H,11-16H2,1-2H3,(H,23,24). The highest BCUT2D eigenvalue weighted by atomic mass is 32.2. The molecule has 0 saturated carbocycles. The molecule has 162 valence electrons. The molecule has 0 atom stereocenters. The molecule has 0 amide bonds. The summed E-state index contributed by atoms with van der Waals surface area (Å²) in [6.45, 7) is 5.73. The molecule has 1 heterocycles. The third kappa shape index (κ3) is 5.70. The van der Waals surface area contributed by atoms with Crippen molar-refractivity contribution in [3.05, 3.63) is 59.9 Å². The molecule has 7 nitrogen and oxygen atoms in total. The van der Waals surface area contributed by atoms with Crippen LogP contribution in [0, 0.1) is 12.7 Å². The van der Waals surface area contributed by atoms with E-state index >= 15 is 0 Å². The molecule has 30 heavy (non-hydrogen) atoms. The zero-order valence-corrected chi connectivity index (χ0v) is 18.1. The zero-order chi connectivity index (χ0) is 21.6. The van der Waals surface area contributed by atoms with E-state index in [-0.39, 0.29) is 17.3 Å². The summed E-state index contributed by atoms with van der Waals surface area (Å²) < 4.78 is 40.4. The molecular formula is C21H28FN5O2S. The van der Waals surface area contributed by atoms with Crippen molar-refractivity contribution in [3.8, 4) is 0 Å². The van der Waals surface area contributed by atoms with E-state index in [2.05, 4.69) is 24.8 Å². The number of piperazine rings is 1. The van der Waals surface area contributed by atoms with Crippen LogP contribution in [0.15, 0.2) is 58.4 Å². The normalized spacial score (nSPS) is 15.4. The summed E-state index contributed by atoms with van der Waals surface area (Å²) in [5, 5.41) is 3.22. The van der Waals surface area contributed by atoms with Crippen LogP contribution in [0.2, 0.25) is 0 Å². The van der Waals surface area contributed by atoms with Gasteiger partial charge in [0.2, 0.25) is 10.0 Å². The Hall–Kier alpha value is -2.65. The molecule has 0 unspecified atom stereocenters. The van der Waals surface area contributed by atoms with Gasteiger partial charge in [-0.3, -0.25) is 4.99 Å². The van der Waals surface area contributed by atoms with Crippen LogP contribution < -0.4 is 14.9 Å². The molecule has 1 aliphatic heterocycles. The second-order valence-corrected chi connectivity index (χ2v) is 8.90. The van der Waals surface area contributed by atoms with Crippen LogP contribution in [0.25, 0.3) is 0 Å². The van der Waals surface area contributed by atoms with Crippen LogP contribution in [0.4, 0.5) is 10.1 Å². The summed E-state index contributed by atoms with van der Waals surface area (Å²) in [6.07, 6.45) is 0. The Morgan fingerprint density at radius 1 is 1.00 bits per heavy atom. The summed E-state index contributed by atoms with van der Waals surface area (Å²) >= 11 is 0. The maximum Gasteiger partial charge on any atom is 0.240 e. The Bertz CT molecular complexity index is 954. The fraction of sp³-hybridized carbons (Fsp3) is 0.381. The predicted octanol–water partition coefficient (Wildman–Crippen LogP) is 1.81. The summed E-state index contributed by atoms with van der Waals surface area (Å²) in [6, 6.07) is 13.3. The third-order valence-corrected chi connectivity index (χ3v) is 6.49. The number of benzene rings is 2. The molecule has 2 aromatic rings. The molecule has 0 spiro atoms. The number of aliphatic imine (C=N–C) groups is 1. The lowest BCUT2D eigenvalue weighted by molar-refractivity contribution is 0.373. The zero-order valence-electron chi connectivity index (χ0n) is 17.3. The predicted molar refractivity (Wildman–Crippen MR) is 118 cm³/mol. The first-order valence-corrected chi connectivity index (χ1v) is 11.4. The van der Waals surface area contributed by atoms with Gasteiger partial charge in [-0.15, -0.1) is 0 Å². The van der Waals surface area contributed by atoms with Crippen LogP contribution in [0.3, 0.4) is 0 Å². The molecule has 3 rings (SSSR count). The van der Waals surface area contributed by atoms with Gasteiger partial charge in [0, 0.05) is 52.0 Å². The summed E-state index contributed by atoms with van der Waals surface area (Å²) in [5.41, 5.74) is 2.02. The van der Waals surface area contributed by atoms with Crippen LogP contribution in [-0.2, 0) is 10.0 Å². The third-order valence-electron chi connectivity index (χ3n) is 5.01. The van der Waals surface area contributed by atoms with E-state index in [1.165, 1.54) is 12.1 Å². The van der Waals surface area contributed by atoms with Gasteiger partial charge in [0.1, 0.15) is 5.82 Å².